The van der Waals surface area contributed by atoms with Crippen LogP contribution in [0.15, 0.2) is 42.5 Å². The first-order valence-electron chi connectivity index (χ1n) is 7.66. The number of benzene rings is 2. The molecule has 24 heavy (non-hydrogen) atoms. The summed E-state index contributed by atoms with van der Waals surface area (Å²) in [5.41, 5.74) is 1.89. The summed E-state index contributed by atoms with van der Waals surface area (Å²) in [6.45, 7) is 0.713. The molecule has 2 aromatic rings. The number of rotatable bonds is 4. The minimum absolute atomic E-state index is 0.208. The Morgan fingerprint density at radius 3 is 2.33 bits per heavy atom. The van der Waals surface area contributed by atoms with E-state index in [0.29, 0.717) is 28.0 Å². The van der Waals surface area contributed by atoms with E-state index in [2.05, 4.69) is 0 Å². The highest BCUT2D eigenvalue weighted by Crippen LogP contribution is 2.37. The molecule has 0 aromatic heterocycles. The van der Waals surface area contributed by atoms with E-state index in [1.54, 1.807) is 12.1 Å². The molecule has 1 aliphatic rings. The fourth-order valence-electron chi connectivity index (χ4n) is 3.27. The van der Waals surface area contributed by atoms with Gasteiger partial charge in [-0.25, -0.2) is 0 Å². The Kier molecular flexibility index (Phi) is 5.36. The standard InChI is InChI=1S/C18H16Cl3NO2/c19-13-6-3-11(4-7-13)17(12-5-8-14(20)15(21)10-12)22-9-1-2-16(22)18(23)24/h3-8,10,16-17H,1-2,9H2,(H,23,24). The van der Waals surface area contributed by atoms with Crippen LogP contribution in [0.4, 0.5) is 0 Å². The predicted molar refractivity (Wildman–Crippen MR) is 97.1 cm³/mol. The van der Waals surface area contributed by atoms with E-state index < -0.39 is 12.0 Å². The quantitative estimate of drug-likeness (QED) is 0.779. The van der Waals surface area contributed by atoms with Crippen molar-refractivity contribution in [2.45, 2.75) is 24.9 Å². The fraction of sp³-hybridized carbons (Fsp3) is 0.278. The summed E-state index contributed by atoms with van der Waals surface area (Å²) in [6, 6.07) is 12.2. The van der Waals surface area contributed by atoms with Gasteiger partial charge in [0.15, 0.2) is 0 Å². The summed E-state index contributed by atoms with van der Waals surface area (Å²) in [5.74, 6) is -0.800. The van der Waals surface area contributed by atoms with Gasteiger partial charge in [-0.2, -0.15) is 0 Å². The Balaban J connectivity index is 2.08. The molecule has 1 aliphatic heterocycles. The average molecular weight is 385 g/mol. The predicted octanol–water partition coefficient (Wildman–Crippen LogP) is 5.29. The molecule has 2 aromatic carbocycles. The minimum Gasteiger partial charge on any atom is -0.480 e. The largest absolute Gasteiger partial charge is 0.480 e. The van der Waals surface area contributed by atoms with Gasteiger partial charge in [0, 0.05) is 11.6 Å². The maximum Gasteiger partial charge on any atom is 0.320 e. The number of hydrogen-bond acceptors (Lipinski definition) is 2. The zero-order valence-corrected chi connectivity index (χ0v) is 15.0. The summed E-state index contributed by atoms with van der Waals surface area (Å²) >= 11 is 18.2. The van der Waals surface area contributed by atoms with Crippen LogP contribution < -0.4 is 0 Å². The lowest BCUT2D eigenvalue weighted by molar-refractivity contribution is -0.142. The third-order valence-corrected chi connectivity index (χ3v) is 5.35. The number of carboxylic acids is 1. The fourth-order valence-corrected chi connectivity index (χ4v) is 3.70. The van der Waals surface area contributed by atoms with Gasteiger partial charge in [0.2, 0.25) is 0 Å². The summed E-state index contributed by atoms with van der Waals surface area (Å²) in [7, 11) is 0. The Bertz CT molecular complexity index is 748. The van der Waals surface area contributed by atoms with Gasteiger partial charge in [-0.15, -0.1) is 0 Å². The van der Waals surface area contributed by atoms with Gasteiger partial charge in [0.1, 0.15) is 6.04 Å². The van der Waals surface area contributed by atoms with Crippen molar-refractivity contribution in [3.63, 3.8) is 0 Å². The first-order chi connectivity index (χ1) is 11.5. The minimum atomic E-state index is -0.800. The molecule has 1 fully saturated rings. The summed E-state index contributed by atoms with van der Waals surface area (Å²) < 4.78 is 0. The van der Waals surface area contributed by atoms with Gasteiger partial charge in [-0.3, -0.25) is 9.69 Å². The molecule has 0 saturated carbocycles. The van der Waals surface area contributed by atoms with Crippen LogP contribution in [0.25, 0.3) is 0 Å². The van der Waals surface area contributed by atoms with Crippen molar-refractivity contribution in [1.29, 1.82) is 0 Å². The SMILES string of the molecule is O=C(O)C1CCCN1C(c1ccc(Cl)cc1)c1ccc(Cl)c(Cl)c1. The third-order valence-electron chi connectivity index (χ3n) is 4.36. The first kappa shape index (κ1) is 17.6. The van der Waals surface area contributed by atoms with Gasteiger partial charge in [-0.05, 0) is 48.2 Å². The molecule has 0 amide bonds. The van der Waals surface area contributed by atoms with E-state index in [4.69, 9.17) is 34.8 Å². The molecule has 1 heterocycles. The van der Waals surface area contributed by atoms with Crippen LogP contribution in [-0.2, 0) is 4.79 Å². The Labute approximate surface area is 155 Å². The van der Waals surface area contributed by atoms with Gasteiger partial charge < -0.3 is 5.11 Å². The van der Waals surface area contributed by atoms with Crippen LogP contribution >= 0.6 is 34.8 Å². The summed E-state index contributed by atoms with van der Waals surface area (Å²) in [6.07, 6.45) is 1.49. The van der Waals surface area contributed by atoms with Crippen molar-refractivity contribution < 1.29 is 9.90 Å². The van der Waals surface area contributed by atoms with Crippen LogP contribution in [0.3, 0.4) is 0 Å². The van der Waals surface area contributed by atoms with Crippen LogP contribution in [0.2, 0.25) is 15.1 Å². The highest BCUT2D eigenvalue weighted by atomic mass is 35.5. The van der Waals surface area contributed by atoms with E-state index in [9.17, 15) is 9.90 Å². The van der Waals surface area contributed by atoms with Crippen molar-refractivity contribution in [2.24, 2.45) is 0 Å². The van der Waals surface area contributed by atoms with Gasteiger partial charge in [0.25, 0.3) is 0 Å². The highest BCUT2D eigenvalue weighted by molar-refractivity contribution is 6.42. The second-order valence-electron chi connectivity index (χ2n) is 5.86. The van der Waals surface area contributed by atoms with Crippen LogP contribution in [0.5, 0.6) is 0 Å². The number of carboxylic acid groups (broad SMARTS) is 1. The number of likely N-dealkylation sites (tertiary alicyclic amines) is 1. The first-order valence-corrected chi connectivity index (χ1v) is 8.79. The second kappa shape index (κ2) is 7.32. The maximum atomic E-state index is 11.6. The lowest BCUT2D eigenvalue weighted by Crippen LogP contribution is -2.39. The monoisotopic (exact) mass is 383 g/mol. The molecule has 3 rings (SSSR count). The molecule has 1 saturated heterocycles. The molecule has 6 heteroatoms. The van der Waals surface area contributed by atoms with Crippen molar-refractivity contribution in [3.05, 3.63) is 68.7 Å². The molecule has 0 radical (unpaired) electrons. The lowest BCUT2D eigenvalue weighted by atomic mass is 9.96. The summed E-state index contributed by atoms with van der Waals surface area (Å²) in [5, 5.41) is 11.1. The zero-order chi connectivity index (χ0) is 17.3. The van der Waals surface area contributed by atoms with Gasteiger partial charge in [0.05, 0.1) is 16.1 Å². The molecule has 0 bridgehead atoms. The number of nitrogens with zero attached hydrogens (tertiary/aromatic N) is 1. The number of hydrogen-bond donors (Lipinski definition) is 1. The molecule has 126 valence electrons. The Morgan fingerprint density at radius 1 is 1.04 bits per heavy atom. The third kappa shape index (κ3) is 3.55. The van der Waals surface area contributed by atoms with Gasteiger partial charge >= 0.3 is 5.97 Å². The van der Waals surface area contributed by atoms with Crippen LogP contribution in [0, 0.1) is 0 Å². The smallest absolute Gasteiger partial charge is 0.320 e. The number of carbonyl (C=O) groups is 1. The summed E-state index contributed by atoms with van der Waals surface area (Å²) in [4.78, 5) is 13.6. The molecular formula is C18H16Cl3NO2. The van der Waals surface area contributed by atoms with E-state index >= 15 is 0 Å². The molecular weight excluding hydrogens is 369 g/mol. The molecule has 1 N–H and O–H groups in total. The number of aliphatic carboxylic acids is 1. The van der Waals surface area contributed by atoms with Crippen molar-refractivity contribution >= 4 is 40.8 Å². The van der Waals surface area contributed by atoms with Crippen LogP contribution in [0.1, 0.15) is 30.0 Å². The van der Waals surface area contributed by atoms with Crippen molar-refractivity contribution in [1.82, 2.24) is 4.90 Å². The van der Waals surface area contributed by atoms with E-state index in [1.165, 1.54) is 0 Å². The van der Waals surface area contributed by atoms with E-state index in [1.807, 2.05) is 35.2 Å². The molecule has 0 aliphatic carbocycles. The normalized spacial score (nSPS) is 19.4. The Hall–Kier alpha value is -1.26. The van der Waals surface area contributed by atoms with Gasteiger partial charge in [-0.1, -0.05) is 53.0 Å². The lowest BCUT2D eigenvalue weighted by Gasteiger charge is -2.32. The maximum absolute atomic E-state index is 11.6. The Morgan fingerprint density at radius 2 is 1.71 bits per heavy atom. The van der Waals surface area contributed by atoms with Crippen LogP contribution in [-0.4, -0.2) is 28.6 Å². The molecule has 2 unspecified atom stereocenters. The second-order valence-corrected chi connectivity index (χ2v) is 7.11. The van der Waals surface area contributed by atoms with E-state index in [0.717, 1.165) is 17.5 Å². The number of halogens is 3. The molecule has 3 nitrogen and oxygen atoms in total. The van der Waals surface area contributed by atoms with E-state index in [-0.39, 0.29) is 6.04 Å². The molecule has 0 spiro atoms. The average Bonchev–Trinajstić information content (AvgIpc) is 3.02. The van der Waals surface area contributed by atoms with Crippen molar-refractivity contribution in [3.8, 4) is 0 Å². The zero-order valence-electron chi connectivity index (χ0n) is 12.8. The highest BCUT2D eigenvalue weighted by Gasteiger charge is 2.36. The van der Waals surface area contributed by atoms with Crippen molar-refractivity contribution in [2.75, 3.05) is 6.54 Å². The topological polar surface area (TPSA) is 40.5 Å². The molecule has 2 atom stereocenters.